The molecule has 4 atom stereocenters. The summed E-state index contributed by atoms with van der Waals surface area (Å²) in [5.74, 6) is 0.559. The number of rotatable bonds is 27. The molecule has 7 N–H and O–H groups in total. The number of aromatic nitrogens is 3. The van der Waals surface area contributed by atoms with E-state index in [-0.39, 0.29) is 48.1 Å². The number of halogens is 2. The van der Waals surface area contributed by atoms with E-state index in [2.05, 4.69) is 40.3 Å². The molecule has 3 saturated heterocycles. The SMILES string of the molecule is Cc1ncsc1-c1ccc(C(C)NC(=O)C2CC(O)CN2C(=O)C(NC(=O)CCCCCCCCCCN2CCN(C(=O)CCCCCC3(CN)CCN(c4cnc(Sc5cccc(Cl)c5Cl)c(N)n4)CC3)CC2)C(C)(C)C)cc1. The van der Waals surface area contributed by atoms with Gasteiger partial charge in [-0.3, -0.25) is 24.1 Å². The Labute approximate surface area is 493 Å². The van der Waals surface area contributed by atoms with Gasteiger partial charge in [-0.1, -0.05) is 137 Å². The Hall–Kier alpha value is -4.56. The minimum absolute atomic E-state index is 0.0370. The maximum absolute atomic E-state index is 14.1. The molecule has 80 heavy (non-hydrogen) atoms. The molecule has 5 heterocycles. The average molecular weight is 1180 g/mol. The molecule has 2 aromatic carbocycles. The fraction of sp³-hybridized carbons (Fsp3) is 0.617. The third-order valence-electron chi connectivity index (χ3n) is 16.5. The van der Waals surface area contributed by atoms with Crippen molar-refractivity contribution in [3.05, 3.63) is 75.5 Å². The first-order valence-electron chi connectivity index (χ1n) is 29.1. The lowest BCUT2D eigenvalue weighted by Gasteiger charge is -2.42. The van der Waals surface area contributed by atoms with Crippen LogP contribution in [0.3, 0.4) is 0 Å². The molecular weight excluding hydrogens is 1090 g/mol. The summed E-state index contributed by atoms with van der Waals surface area (Å²) in [7, 11) is 0. The molecule has 438 valence electrons. The molecule has 4 unspecified atom stereocenters. The Kier molecular flexibility index (Phi) is 23.7. The average Bonchev–Trinajstić information content (AvgIpc) is 4.07. The second-order valence-electron chi connectivity index (χ2n) is 23.5. The molecule has 16 nitrogen and oxygen atoms in total. The first kappa shape index (κ1) is 63.0. The molecule has 7 rings (SSSR count). The zero-order valence-corrected chi connectivity index (χ0v) is 51.0. The van der Waals surface area contributed by atoms with Gasteiger partial charge in [0.2, 0.25) is 23.6 Å². The monoisotopic (exact) mass is 1180 g/mol. The number of aryl methyl sites for hydroxylation is 1. The molecule has 3 aliphatic rings. The second-order valence-corrected chi connectivity index (χ2v) is 26.2. The summed E-state index contributed by atoms with van der Waals surface area (Å²) in [6, 6.07) is 11.5. The van der Waals surface area contributed by atoms with Crippen molar-refractivity contribution < 1.29 is 24.3 Å². The molecule has 2 aromatic heterocycles. The summed E-state index contributed by atoms with van der Waals surface area (Å²) >= 11 is 15.5. The molecule has 0 bridgehead atoms. The number of nitrogens with one attached hydrogen (secondary N) is 2. The lowest BCUT2D eigenvalue weighted by molar-refractivity contribution is -0.144. The zero-order valence-electron chi connectivity index (χ0n) is 47.8. The summed E-state index contributed by atoms with van der Waals surface area (Å²) in [6.45, 7) is 16.5. The number of aliphatic hydroxyl groups excluding tert-OH is 1. The van der Waals surface area contributed by atoms with Crippen LogP contribution in [0.2, 0.25) is 10.0 Å². The highest BCUT2D eigenvalue weighted by Gasteiger charge is 2.45. The van der Waals surface area contributed by atoms with E-state index in [1.165, 1.54) is 35.9 Å². The molecule has 0 saturated carbocycles. The minimum atomic E-state index is -0.843. The number of anilines is 2. The van der Waals surface area contributed by atoms with E-state index in [1.54, 1.807) is 23.6 Å². The van der Waals surface area contributed by atoms with Crippen molar-refractivity contribution in [2.45, 2.75) is 178 Å². The summed E-state index contributed by atoms with van der Waals surface area (Å²) in [5, 5.41) is 18.3. The van der Waals surface area contributed by atoms with E-state index in [1.807, 2.05) is 76.5 Å². The van der Waals surface area contributed by atoms with Gasteiger partial charge >= 0.3 is 0 Å². The number of piperazine rings is 1. The van der Waals surface area contributed by atoms with Gasteiger partial charge < -0.3 is 41.9 Å². The number of nitrogens with zero attached hydrogens (tertiary/aromatic N) is 7. The fourth-order valence-corrected chi connectivity index (χ4v) is 13.4. The molecular formula is C60H87Cl2N11O5S2. The van der Waals surface area contributed by atoms with Crippen molar-refractivity contribution in [1.82, 2.24) is 40.3 Å². The highest BCUT2D eigenvalue weighted by Crippen LogP contribution is 2.40. The Morgan fingerprint density at radius 2 is 1.52 bits per heavy atom. The van der Waals surface area contributed by atoms with Gasteiger partial charge in [0.15, 0.2) is 5.82 Å². The summed E-state index contributed by atoms with van der Waals surface area (Å²) in [5.41, 5.74) is 17.0. The number of amides is 4. The Morgan fingerprint density at radius 1 is 0.863 bits per heavy atom. The van der Waals surface area contributed by atoms with E-state index < -0.39 is 23.6 Å². The summed E-state index contributed by atoms with van der Waals surface area (Å²) in [4.78, 5) is 78.0. The van der Waals surface area contributed by atoms with Crippen LogP contribution in [0, 0.1) is 17.8 Å². The number of carbonyl (C=O) groups excluding carboxylic acids is 4. The highest BCUT2D eigenvalue weighted by molar-refractivity contribution is 7.99. The standard InChI is InChI=1S/C60H87Cl2N11O5S2/c1-41(43-22-24-44(25-23-43)53-42(2)66-40-79-53)67-56(77)47-36-45(74)38-73(47)58(78)54(59(3,4)5)69-50(75)20-13-10-8-6-7-9-11-16-29-70-32-34-72(35-33-70)51(76)21-14-12-15-26-60(39-63)27-30-71(31-28-60)49-37-65-57(55(64)68-49)80-48-19-17-18-46(61)52(48)62/h17-19,22-25,37,40-41,45,47,54,74H,6-16,20-21,26-36,38-39,63H2,1-5H3,(H2,64,68)(H,67,77)(H,69,75). The van der Waals surface area contributed by atoms with Crippen molar-refractivity contribution in [3.8, 4) is 10.4 Å². The van der Waals surface area contributed by atoms with Gasteiger partial charge in [-0.15, -0.1) is 11.3 Å². The molecule has 3 aliphatic heterocycles. The number of aliphatic hydroxyl groups is 1. The first-order valence-corrected chi connectivity index (χ1v) is 31.6. The van der Waals surface area contributed by atoms with Crippen molar-refractivity contribution in [3.63, 3.8) is 0 Å². The highest BCUT2D eigenvalue weighted by atomic mass is 35.5. The van der Waals surface area contributed by atoms with Crippen LogP contribution in [0.25, 0.3) is 10.4 Å². The van der Waals surface area contributed by atoms with E-state index >= 15 is 0 Å². The zero-order chi connectivity index (χ0) is 57.4. The van der Waals surface area contributed by atoms with Crippen molar-refractivity contribution in [2.24, 2.45) is 16.6 Å². The number of piperidine rings is 1. The number of unbranched alkanes of at least 4 members (excludes halogenated alkanes) is 9. The summed E-state index contributed by atoms with van der Waals surface area (Å²) < 4.78 is 0. The predicted octanol–water partition coefficient (Wildman–Crippen LogP) is 10.5. The second kappa shape index (κ2) is 30.1. The van der Waals surface area contributed by atoms with Crippen molar-refractivity contribution in [2.75, 3.05) is 69.5 Å². The van der Waals surface area contributed by atoms with Gasteiger partial charge in [-0.2, -0.15) is 0 Å². The number of benzene rings is 2. The molecule has 0 aliphatic carbocycles. The predicted molar refractivity (Wildman–Crippen MR) is 324 cm³/mol. The maximum Gasteiger partial charge on any atom is 0.246 e. The molecule has 0 spiro atoms. The fourth-order valence-electron chi connectivity index (χ4n) is 11.3. The van der Waals surface area contributed by atoms with Crippen molar-refractivity contribution >= 4 is 81.6 Å². The van der Waals surface area contributed by atoms with Crippen LogP contribution in [0.5, 0.6) is 0 Å². The van der Waals surface area contributed by atoms with Gasteiger partial charge in [0.05, 0.1) is 44.5 Å². The Balaban J connectivity index is 0.697. The molecule has 0 radical (unpaired) electrons. The van der Waals surface area contributed by atoms with E-state index in [4.69, 9.17) is 34.7 Å². The van der Waals surface area contributed by atoms with E-state index in [9.17, 15) is 24.3 Å². The number of nitrogen functional groups attached to an aromatic ring is 1. The van der Waals surface area contributed by atoms with E-state index in [0.29, 0.717) is 40.3 Å². The van der Waals surface area contributed by atoms with Crippen molar-refractivity contribution in [1.29, 1.82) is 0 Å². The van der Waals surface area contributed by atoms with E-state index in [0.717, 1.165) is 149 Å². The maximum atomic E-state index is 14.1. The van der Waals surface area contributed by atoms with Gasteiger partial charge in [0, 0.05) is 70.0 Å². The van der Waals surface area contributed by atoms with Crippen LogP contribution in [-0.2, 0) is 19.2 Å². The smallest absolute Gasteiger partial charge is 0.246 e. The number of carbonyl (C=O) groups is 4. The number of β-amino-alcohol motifs (C(OH)–C–C–N with tert-alkyl or cyclic N) is 1. The van der Waals surface area contributed by atoms with Crippen LogP contribution in [0.15, 0.2) is 64.1 Å². The van der Waals surface area contributed by atoms with Crippen LogP contribution in [0.1, 0.15) is 154 Å². The van der Waals surface area contributed by atoms with Crippen LogP contribution < -0.4 is 27.0 Å². The normalized spacial score (nSPS) is 18.5. The van der Waals surface area contributed by atoms with Gasteiger partial charge in [-0.25, -0.2) is 15.0 Å². The number of nitrogens with two attached hydrogens (primary N) is 2. The van der Waals surface area contributed by atoms with Crippen LogP contribution in [-0.4, -0.2) is 135 Å². The number of hydrogen-bond acceptors (Lipinski definition) is 14. The quantitative estimate of drug-likeness (QED) is 0.0352. The number of thiazole rings is 1. The Bertz CT molecular complexity index is 2660. The minimum Gasteiger partial charge on any atom is -0.391 e. The van der Waals surface area contributed by atoms with Gasteiger partial charge in [-0.05, 0) is 99.6 Å². The van der Waals surface area contributed by atoms with Gasteiger partial charge in [0.1, 0.15) is 22.9 Å². The Morgan fingerprint density at radius 3 is 2.17 bits per heavy atom. The third-order valence-corrected chi connectivity index (χ3v) is 19.4. The third kappa shape index (κ3) is 17.7. The van der Waals surface area contributed by atoms with Crippen LogP contribution >= 0.6 is 46.3 Å². The van der Waals surface area contributed by atoms with Crippen LogP contribution in [0.4, 0.5) is 11.6 Å². The molecule has 4 aromatic rings. The number of hydrogen-bond donors (Lipinski definition) is 5. The lowest BCUT2D eigenvalue weighted by atomic mass is 9.74. The molecule has 4 amide bonds. The lowest BCUT2D eigenvalue weighted by Crippen LogP contribution is -2.57. The number of likely N-dealkylation sites (tertiary alicyclic amines) is 1. The summed E-state index contributed by atoms with van der Waals surface area (Å²) in [6.07, 6.45) is 16.6. The largest absolute Gasteiger partial charge is 0.391 e. The topological polar surface area (TPSA) is 216 Å². The molecule has 20 heteroatoms. The van der Waals surface area contributed by atoms with Gasteiger partial charge in [0.25, 0.3) is 0 Å². The molecule has 3 fully saturated rings. The first-order chi connectivity index (χ1) is 38.3.